The van der Waals surface area contributed by atoms with Crippen LogP contribution in [-0.2, 0) is 19.3 Å². The molecule has 130 valence electrons. The second-order valence-corrected chi connectivity index (χ2v) is 9.79. The highest BCUT2D eigenvalue weighted by molar-refractivity contribution is 14.1. The lowest BCUT2D eigenvalue weighted by molar-refractivity contribution is 0.304. The van der Waals surface area contributed by atoms with Crippen molar-refractivity contribution in [3.8, 4) is 5.69 Å². The van der Waals surface area contributed by atoms with Gasteiger partial charge in [-0.15, -0.1) is 0 Å². The van der Waals surface area contributed by atoms with E-state index in [1.165, 1.54) is 52.7 Å². The fourth-order valence-corrected chi connectivity index (χ4v) is 4.44. The van der Waals surface area contributed by atoms with Crippen molar-refractivity contribution in [2.75, 3.05) is 0 Å². The summed E-state index contributed by atoms with van der Waals surface area (Å²) in [6.45, 7) is 9.39. The summed E-state index contributed by atoms with van der Waals surface area (Å²) >= 11 is 2.36. The molecule has 3 rings (SSSR count). The van der Waals surface area contributed by atoms with Crippen molar-refractivity contribution in [1.82, 2.24) is 9.78 Å². The molecule has 0 saturated carbocycles. The third-order valence-corrected chi connectivity index (χ3v) is 5.56. The zero-order chi connectivity index (χ0) is 17.3. The van der Waals surface area contributed by atoms with Crippen LogP contribution in [-0.4, -0.2) is 9.78 Å². The molecule has 0 radical (unpaired) electrons. The number of rotatable bonds is 4. The van der Waals surface area contributed by atoms with Crippen LogP contribution in [0.25, 0.3) is 5.69 Å². The van der Waals surface area contributed by atoms with Crippen LogP contribution in [0.1, 0.15) is 63.9 Å². The summed E-state index contributed by atoms with van der Waals surface area (Å²) in [4.78, 5) is 0. The van der Waals surface area contributed by atoms with Gasteiger partial charge in [0.1, 0.15) is 0 Å². The topological polar surface area (TPSA) is 17.8 Å². The van der Waals surface area contributed by atoms with Crippen LogP contribution in [0, 0.1) is 14.9 Å². The van der Waals surface area contributed by atoms with Gasteiger partial charge in [0.25, 0.3) is 0 Å². The summed E-state index contributed by atoms with van der Waals surface area (Å²) in [5.41, 5.74) is 5.95. The molecule has 3 heteroatoms. The summed E-state index contributed by atoms with van der Waals surface area (Å²) in [7, 11) is 0. The maximum absolute atomic E-state index is 5.08. The zero-order valence-electron chi connectivity index (χ0n) is 15.4. The minimum absolute atomic E-state index is 0.387. The van der Waals surface area contributed by atoms with Crippen molar-refractivity contribution in [3.05, 3.63) is 44.8 Å². The smallest absolute Gasteiger partial charge is 0.0666 e. The van der Waals surface area contributed by atoms with E-state index < -0.39 is 0 Å². The highest BCUT2D eigenvalue weighted by atomic mass is 127. The van der Waals surface area contributed by atoms with Gasteiger partial charge in [-0.05, 0) is 102 Å². The second kappa shape index (κ2) is 7.19. The van der Waals surface area contributed by atoms with Crippen molar-refractivity contribution >= 4 is 22.6 Å². The van der Waals surface area contributed by atoms with Gasteiger partial charge < -0.3 is 0 Å². The molecule has 1 aliphatic carbocycles. The first kappa shape index (κ1) is 18.0. The SMILES string of the molecule is CC(Cc1nn(-c2ccc(I)cc2)c2c1CCCC2)CC(C)(C)C. The number of fused-ring (bicyclic) bond motifs is 1. The maximum atomic E-state index is 5.08. The molecular weight excluding hydrogens is 407 g/mol. The predicted octanol–water partition coefficient (Wildman–Crippen LogP) is 5.97. The van der Waals surface area contributed by atoms with E-state index in [9.17, 15) is 0 Å². The third kappa shape index (κ3) is 4.22. The highest BCUT2D eigenvalue weighted by Gasteiger charge is 2.24. The molecule has 0 amide bonds. The summed E-state index contributed by atoms with van der Waals surface area (Å²) in [6.07, 6.45) is 7.33. The molecule has 0 fully saturated rings. The van der Waals surface area contributed by atoms with Gasteiger partial charge >= 0.3 is 0 Å². The van der Waals surface area contributed by atoms with Gasteiger partial charge in [-0.25, -0.2) is 4.68 Å². The predicted molar refractivity (Wildman–Crippen MR) is 110 cm³/mol. The number of hydrogen-bond donors (Lipinski definition) is 0. The third-order valence-electron chi connectivity index (χ3n) is 4.84. The molecule has 0 aliphatic heterocycles. The molecular formula is C21H29IN2. The summed E-state index contributed by atoms with van der Waals surface area (Å²) < 4.78 is 3.50. The van der Waals surface area contributed by atoms with Crippen LogP contribution in [0.15, 0.2) is 24.3 Å². The molecule has 1 heterocycles. The summed E-state index contributed by atoms with van der Waals surface area (Å²) in [5, 5.41) is 5.08. The van der Waals surface area contributed by atoms with E-state index in [0.29, 0.717) is 11.3 Å². The fraction of sp³-hybridized carbons (Fsp3) is 0.571. The van der Waals surface area contributed by atoms with Crippen LogP contribution in [0.5, 0.6) is 0 Å². The Kier molecular flexibility index (Phi) is 5.38. The molecule has 24 heavy (non-hydrogen) atoms. The molecule has 1 aliphatic rings. The molecule has 1 aromatic heterocycles. The van der Waals surface area contributed by atoms with Gasteiger partial charge in [0.15, 0.2) is 0 Å². The molecule has 0 saturated heterocycles. The van der Waals surface area contributed by atoms with Gasteiger partial charge in [-0.1, -0.05) is 27.7 Å². The molecule has 1 aromatic carbocycles. The Labute approximate surface area is 160 Å². The average Bonchev–Trinajstić information content (AvgIpc) is 2.85. The molecule has 2 aromatic rings. The minimum atomic E-state index is 0.387. The van der Waals surface area contributed by atoms with Gasteiger partial charge in [-0.3, -0.25) is 0 Å². The highest BCUT2D eigenvalue weighted by Crippen LogP contribution is 2.31. The molecule has 0 bridgehead atoms. The normalized spacial score (nSPS) is 16.0. The first-order valence-electron chi connectivity index (χ1n) is 9.19. The van der Waals surface area contributed by atoms with E-state index in [1.807, 2.05) is 0 Å². The number of benzene rings is 1. The van der Waals surface area contributed by atoms with Gasteiger partial charge in [0.05, 0.1) is 11.4 Å². The van der Waals surface area contributed by atoms with Gasteiger partial charge in [0, 0.05) is 9.26 Å². The van der Waals surface area contributed by atoms with Crippen molar-refractivity contribution in [3.63, 3.8) is 0 Å². The Morgan fingerprint density at radius 3 is 2.46 bits per heavy atom. The lowest BCUT2D eigenvalue weighted by Gasteiger charge is -2.23. The second-order valence-electron chi connectivity index (χ2n) is 8.54. The fourth-order valence-electron chi connectivity index (χ4n) is 4.08. The average molecular weight is 436 g/mol. The molecule has 0 spiro atoms. The van der Waals surface area contributed by atoms with E-state index in [4.69, 9.17) is 5.10 Å². The number of aromatic nitrogens is 2. The van der Waals surface area contributed by atoms with Crippen LogP contribution in [0.2, 0.25) is 0 Å². The Bertz CT molecular complexity index is 692. The van der Waals surface area contributed by atoms with Gasteiger partial charge in [-0.2, -0.15) is 5.10 Å². The monoisotopic (exact) mass is 436 g/mol. The molecule has 2 nitrogen and oxygen atoms in total. The lowest BCUT2D eigenvalue weighted by Crippen LogP contribution is -2.14. The summed E-state index contributed by atoms with van der Waals surface area (Å²) in [6, 6.07) is 8.75. The van der Waals surface area contributed by atoms with Crippen molar-refractivity contribution in [2.24, 2.45) is 11.3 Å². The van der Waals surface area contributed by atoms with Crippen LogP contribution in [0.3, 0.4) is 0 Å². The molecule has 1 atom stereocenters. The number of hydrogen-bond acceptors (Lipinski definition) is 1. The Balaban J connectivity index is 1.91. The van der Waals surface area contributed by atoms with Gasteiger partial charge in [0.2, 0.25) is 0 Å². The largest absolute Gasteiger partial charge is 0.237 e. The van der Waals surface area contributed by atoms with E-state index in [1.54, 1.807) is 5.56 Å². The molecule has 0 N–H and O–H groups in total. The first-order chi connectivity index (χ1) is 11.3. The lowest BCUT2D eigenvalue weighted by atomic mass is 9.82. The van der Waals surface area contributed by atoms with E-state index in [2.05, 4.69) is 79.2 Å². The van der Waals surface area contributed by atoms with Crippen molar-refractivity contribution in [2.45, 2.75) is 66.2 Å². The quantitative estimate of drug-likeness (QED) is 0.540. The zero-order valence-corrected chi connectivity index (χ0v) is 17.6. The Morgan fingerprint density at radius 2 is 1.79 bits per heavy atom. The van der Waals surface area contributed by atoms with Crippen molar-refractivity contribution < 1.29 is 0 Å². The Morgan fingerprint density at radius 1 is 1.12 bits per heavy atom. The summed E-state index contributed by atoms with van der Waals surface area (Å²) in [5.74, 6) is 0.677. The number of nitrogens with zero attached hydrogens (tertiary/aromatic N) is 2. The minimum Gasteiger partial charge on any atom is -0.237 e. The van der Waals surface area contributed by atoms with Crippen LogP contribution >= 0.6 is 22.6 Å². The van der Waals surface area contributed by atoms with Crippen molar-refractivity contribution in [1.29, 1.82) is 0 Å². The Hall–Kier alpha value is -0.840. The first-order valence-corrected chi connectivity index (χ1v) is 10.3. The van der Waals surface area contributed by atoms with E-state index >= 15 is 0 Å². The van der Waals surface area contributed by atoms with Crippen LogP contribution in [0.4, 0.5) is 0 Å². The van der Waals surface area contributed by atoms with E-state index in [0.717, 1.165) is 6.42 Å². The van der Waals surface area contributed by atoms with E-state index in [-0.39, 0.29) is 0 Å². The molecule has 1 unspecified atom stereocenters. The van der Waals surface area contributed by atoms with Crippen LogP contribution < -0.4 is 0 Å². The number of halogens is 1. The standard InChI is InChI=1S/C21H29IN2/c1-15(14-21(2,3)4)13-19-18-7-5-6-8-20(18)24(23-19)17-11-9-16(22)10-12-17/h9-12,15H,5-8,13-14H2,1-4H3. The maximum Gasteiger partial charge on any atom is 0.0666 e.